The highest BCUT2D eigenvalue weighted by Crippen LogP contribution is 2.34. The first-order chi connectivity index (χ1) is 15.5. The lowest BCUT2D eigenvalue weighted by Crippen LogP contribution is -2.42. The minimum Gasteiger partial charge on any atom is -0.491 e. The van der Waals surface area contributed by atoms with Gasteiger partial charge in [0.05, 0.1) is 22.6 Å². The number of aromatic nitrogens is 2. The van der Waals surface area contributed by atoms with Gasteiger partial charge >= 0.3 is 6.09 Å². The summed E-state index contributed by atoms with van der Waals surface area (Å²) in [6.07, 6.45) is 4.54. The number of ether oxygens (including phenoxy) is 2. The van der Waals surface area contributed by atoms with Gasteiger partial charge in [0, 0.05) is 24.7 Å². The van der Waals surface area contributed by atoms with Gasteiger partial charge in [0.25, 0.3) is 5.56 Å². The molecule has 0 aliphatic heterocycles. The number of nitrogens with one attached hydrogen (secondary N) is 1. The molecule has 3 aromatic rings. The fourth-order valence-electron chi connectivity index (χ4n) is 4.25. The molecular formula is C26H33N3O4. The maximum absolute atomic E-state index is 13.0. The van der Waals surface area contributed by atoms with Crippen LogP contribution in [0, 0.1) is 19.8 Å². The van der Waals surface area contributed by atoms with E-state index in [-0.39, 0.29) is 11.6 Å². The molecular weight excluding hydrogens is 418 g/mol. The van der Waals surface area contributed by atoms with Crippen LogP contribution in [0.25, 0.3) is 21.7 Å². The van der Waals surface area contributed by atoms with Crippen LogP contribution in [0.4, 0.5) is 4.79 Å². The summed E-state index contributed by atoms with van der Waals surface area (Å²) in [6, 6.07) is 5.73. The molecule has 176 valence electrons. The minimum atomic E-state index is -0.550. The molecule has 1 saturated carbocycles. The maximum Gasteiger partial charge on any atom is 0.407 e. The summed E-state index contributed by atoms with van der Waals surface area (Å²) in [5.41, 5.74) is 1.88. The molecule has 0 bridgehead atoms. The zero-order valence-electron chi connectivity index (χ0n) is 20.3. The van der Waals surface area contributed by atoms with Gasteiger partial charge < -0.3 is 19.4 Å². The first kappa shape index (κ1) is 23.1. The van der Waals surface area contributed by atoms with Gasteiger partial charge in [-0.05, 0) is 70.0 Å². The molecule has 33 heavy (non-hydrogen) atoms. The molecule has 2 aromatic heterocycles. The van der Waals surface area contributed by atoms with E-state index in [0.29, 0.717) is 23.7 Å². The normalized spacial score (nSPS) is 15.0. The first-order valence-electron chi connectivity index (χ1n) is 11.5. The number of fused-ring (bicyclic) bond motifs is 3. The van der Waals surface area contributed by atoms with E-state index in [0.717, 1.165) is 34.0 Å². The highest BCUT2D eigenvalue weighted by atomic mass is 16.6. The average Bonchev–Trinajstić information content (AvgIpc) is 3.53. The van der Waals surface area contributed by atoms with Crippen molar-refractivity contribution in [3.63, 3.8) is 0 Å². The number of benzene rings is 1. The quantitative estimate of drug-likeness (QED) is 0.546. The van der Waals surface area contributed by atoms with E-state index in [4.69, 9.17) is 9.47 Å². The largest absolute Gasteiger partial charge is 0.491 e. The van der Waals surface area contributed by atoms with Crippen LogP contribution in [0.5, 0.6) is 5.75 Å². The molecule has 0 spiro atoms. The van der Waals surface area contributed by atoms with Gasteiger partial charge in [-0.25, -0.2) is 4.79 Å². The summed E-state index contributed by atoms with van der Waals surface area (Å²) < 4.78 is 13.3. The smallest absolute Gasteiger partial charge is 0.407 e. The molecule has 0 saturated heterocycles. The fraction of sp³-hybridized carbons (Fsp3) is 0.500. The van der Waals surface area contributed by atoms with Crippen LogP contribution in [-0.4, -0.2) is 33.9 Å². The van der Waals surface area contributed by atoms with E-state index in [1.165, 1.54) is 12.8 Å². The van der Waals surface area contributed by atoms with Gasteiger partial charge in [0.1, 0.15) is 18.0 Å². The second kappa shape index (κ2) is 8.69. The third-order valence-corrected chi connectivity index (χ3v) is 6.08. The predicted octanol–water partition coefficient (Wildman–Crippen LogP) is 4.78. The van der Waals surface area contributed by atoms with E-state index >= 15 is 0 Å². The number of hydrogen-bond acceptors (Lipinski definition) is 5. The summed E-state index contributed by atoms with van der Waals surface area (Å²) >= 11 is 0. The Morgan fingerprint density at radius 3 is 2.64 bits per heavy atom. The summed E-state index contributed by atoms with van der Waals surface area (Å²) in [5, 5.41) is 5.51. The Bertz CT molecular complexity index is 1270. The molecule has 4 rings (SSSR count). The molecule has 1 aliphatic rings. The van der Waals surface area contributed by atoms with E-state index in [2.05, 4.69) is 16.4 Å². The summed E-state index contributed by atoms with van der Waals surface area (Å²) in [6.45, 7) is 9.75. The molecule has 1 fully saturated rings. The standard InChI is InChI=1S/C26H33N3O4/c1-15-11-20-19-9-10-27-16(2)23(19)24(30)29(6)21(20)13-22(15)32-14-18(12-17-7-8-17)28-25(31)33-26(3,4)5/h9-11,13,17-18H,7-8,12,14H2,1-6H3,(H,28,31)/t18-/m0/s1. The molecule has 0 radical (unpaired) electrons. The van der Waals surface area contributed by atoms with E-state index in [1.807, 2.05) is 46.8 Å². The molecule has 1 atom stereocenters. The monoisotopic (exact) mass is 451 g/mol. The summed E-state index contributed by atoms with van der Waals surface area (Å²) in [7, 11) is 1.77. The van der Waals surface area contributed by atoms with Gasteiger partial charge in [-0.1, -0.05) is 12.8 Å². The predicted molar refractivity (Wildman–Crippen MR) is 130 cm³/mol. The van der Waals surface area contributed by atoms with Gasteiger partial charge in [-0.3, -0.25) is 9.78 Å². The topological polar surface area (TPSA) is 82.5 Å². The Kier molecular flexibility index (Phi) is 6.08. The molecule has 1 N–H and O–H groups in total. The second-order valence-electron chi connectivity index (χ2n) is 10.2. The summed E-state index contributed by atoms with van der Waals surface area (Å²) in [4.78, 5) is 29.6. The molecule has 2 heterocycles. The third kappa shape index (κ3) is 5.13. The number of carbonyl (C=O) groups is 1. The van der Waals surface area contributed by atoms with Gasteiger partial charge in [0.2, 0.25) is 0 Å². The molecule has 7 heteroatoms. The van der Waals surface area contributed by atoms with E-state index < -0.39 is 11.7 Å². The number of hydrogen-bond donors (Lipinski definition) is 1. The molecule has 1 aliphatic carbocycles. The Hall–Kier alpha value is -3.09. The zero-order chi connectivity index (χ0) is 23.9. The number of carbonyl (C=O) groups excluding carboxylic acids is 1. The van der Waals surface area contributed by atoms with Crippen molar-refractivity contribution in [1.82, 2.24) is 14.9 Å². The fourth-order valence-corrected chi connectivity index (χ4v) is 4.25. The average molecular weight is 452 g/mol. The van der Waals surface area contributed by atoms with Crippen molar-refractivity contribution in [3.05, 3.63) is 46.0 Å². The van der Waals surface area contributed by atoms with Crippen molar-refractivity contribution >= 4 is 27.8 Å². The SMILES string of the molecule is Cc1cc2c3ccnc(C)c3c(=O)n(C)c2cc1OC[C@H](CC1CC1)NC(=O)OC(C)(C)C. The van der Waals surface area contributed by atoms with Crippen LogP contribution >= 0.6 is 0 Å². The van der Waals surface area contributed by atoms with Crippen LogP contribution in [-0.2, 0) is 11.8 Å². The first-order valence-corrected chi connectivity index (χ1v) is 11.5. The van der Waals surface area contributed by atoms with Crippen molar-refractivity contribution < 1.29 is 14.3 Å². The second-order valence-corrected chi connectivity index (χ2v) is 10.2. The third-order valence-electron chi connectivity index (χ3n) is 6.08. The minimum absolute atomic E-state index is 0.0731. The number of alkyl carbamates (subject to hydrolysis) is 1. The number of pyridine rings is 2. The maximum atomic E-state index is 13.0. The Labute approximate surface area is 194 Å². The van der Waals surface area contributed by atoms with E-state index in [1.54, 1.807) is 17.8 Å². The molecule has 7 nitrogen and oxygen atoms in total. The van der Waals surface area contributed by atoms with Crippen LogP contribution in [0.1, 0.15) is 51.3 Å². The number of rotatable bonds is 6. The Morgan fingerprint density at radius 1 is 1.24 bits per heavy atom. The lowest BCUT2D eigenvalue weighted by molar-refractivity contribution is 0.0482. The van der Waals surface area contributed by atoms with Crippen molar-refractivity contribution in [2.75, 3.05) is 6.61 Å². The summed E-state index contributed by atoms with van der Waals surface area (Å²) in [5.74, 6) is 1.32. The highest BCUT2D eigenvalue weighted by Gasteiger charge is 2.28. The van der Waals surface area contributed by atoms with Crippen molar-refractivity contribution in [1.29, 1.82) is 0 Å². The lowest BCUT2D eigenvalue weighted by Gasteiger charge is -2.24. The van der Waals surface area contributed by atoms with Crippen LogP contribution in [0.2, 0.25) is 0 Å². The van der Waals surface area contributed by atoms with Gasteiger partial charge in [0.15, 0.2) is 0 Å². The van der Waals surface area contributed by atoms with Crippen molar-refractivity contribution in [3.8, 4) is 5.75 Å². The van der Waals surface area contributed by atoms with Crippen LogP contribution in [0.3, 0.4) is 0 Å². The van der Waals surface area contributed by atoms with Gasteiger partial charge in [-0.2, -0.15) is 0 Å². The highest BCUT2D eigenvalue weighted by molar-refractivity contribution is 6.06. The molecule has 1 amide bonds. The molecule has 1 aromatic carbocycles. The zero-order valence-corrected chi connectivity index (χ0v) is 20.3. The van der Waals surface area contributed by atoms with E-state index in [9.17, 15) is 9.59 Å². The lowest BCUT2D eigenvalue weighted by atomic mass is 10.0. The van der Waals surface area contributed by atoms with Crippen LogP contribution in [0.15, 0.2) is 29.2 Å². The molecule has 0 unspecified atom stereocenters. The van der Waals surface area contributed by atoms with Gasteiger partial charge in [-0.15, -0.1) is 0 Å². The Balaban J connectivity index is 1.61. The Morgan fingerprint density at radius 2 is 1.97 bits per heavy atom. The number of amides is 1. The number of aryl methyl sites for hydroxylation is 3. The number of nitrogens with zero attached hydrogens (tertiary/aromatic N) is 2. The van der Waals surface area contributed by atoms with Crippen molar-refractivity contribution in [2.45, 2.75) is 65.5 Å². The van der Waals surface area contributed by atoms with Crippen molar-refractivity contribution in [2.24, 2.45) is 13.0 Å². The van der Waals surface area contributed by atoms with Crippen LogP contribution < -0.4 is 15.6 Å².